The molecule has 1 aromatic carbocycles. The third-order valence-corrected chi connectivity index (χ3v) is 5.90. The Morgan fingerprint density at radius 3 is 2.96 bits per heavy atom. The van der Waals surface area contributed by atoms with Crippen LogP contribution in [0.3, 0.4) is 0 Å². The van der Waals surface area contributed by atoms with Crippen LogP contribution < -0.4 is 20.9 Å². The molecular weight excluding hydrogens is 380 g/mol. The molecule has 0 spiro atoms. The van der Waals surface area contributed by atoms with Crippen molar-refractivity contribution < 1.29 is 14.3 Å². The first-order valence-electron chi connectivity index (χ1n) is 8.82. The van der Waals surface area contributed by atoms with Crippen LogP contribution in [0.25, 0.3) is 10.2 Å². The summed E-state index contributed by atoms with van der Waals surface area (Å²) in [4.78, 5) is 44.9. The fourth-order valence-corrected chi connectivity index (χ4v) is 4.26. The molecule has 0 aliphatic carbocycles. The number of amides is 2. The Kier molecular flexibility index (Phi) is 4.60. The number of rotatable bonds is 4. The average molecular weight is 398 g/mol. The highest BCUT2D eigenvalue weighted by atomic mass is 32.1. The lowest BCUT2D eigenvalue weighted by molar-refractivity contribution is -0.118. The highest BCUT2D eigenvalue weighted by Gasteiger charge is 2.18. The van der Waals surface area contributed by atoms with E-state index in [2.05, 4.69) is 20.6 Å². The van der Waals surface area contributed by atoms with Gasteiger partial charge in [0.2, 0.25) is 5.82 Å². The first kappa shape index (κ1) is 18.2. The van der Waals surface area contributed by atoms with Crippen LogP contribution in [0.2, 0.25) is 0 Å². The van der Waals surface area contributed by atoms with E-state index in [4.69, 9.17) is 4.74 Å². The van der Waals surface area contributed by atoms with Crippen LogP contribution in [0.4, 0.5) is 5.69 Å². The van der Waals surface area contributed by atoms with Crippen LogP contribution in [0.1, 0.15) is 33.5 Å². The quantitative estimate of drug-likeness (QED) is 0.623. The summed E-state index contributed by atoms with van der Waals surface area (Å²) in [7, 11) is 0. The van der Waals surface area contributed by atoms with E-state index in [1.54, 1.807) is 18.2 Å². The van der Waals surface area contributed by atoms with Gasteiger partial charge in [-0.3, -0.25) is 14.4 Å². The maximum Gasteiger partial charge on any atom is 0.287 e. The second-order valence-corrected chi connectivity index (χ2v) is 7.53. The van der Waals surface area contributed by atoms with Crippen molar-refractivity contribution in [3.05, 3.63) is 50.4 Å². The Balaban J connectivity index is 1.53. The van der Waals surface area contributed by atoms with Gasteiger partial charge in [-0.05, 0) is 36.6 Å². The highest BCUT2D eigenvalue weighted by Crippen LogP contribution is 2.29. The van der Waals surface area contributed by atoms with E-state index < -0.39 is 5.91 Å². The number of aryl methyl sites for hydroxylation is 2. The van der Waals surface area contributed by atoms with Crippen molar-refractivity contribution in [3.63, 3.8) is 0 Å². The van der Waals surface area contributed by atoms with Gasteiger partial charge in [0, 0.05) is 11.4 Å². The zero-order valence-electron chi connectivity index (χ0n) is 15.3. The largest absolute Gasteiger partial charge is 0.482 e. The molecular formula is C19H18N4O4S. The lowest BCUT2D eigenvalue weighted by Gasteiger charge is -2.18. The average Bonchev–Trinajstić information content (AvgIpc) is 3.01. The molecule has 1 aliphatic heterocycles. The van der Waals surface area contributed by atoms with Gasteiger partial charge in [-0.2, -0.15) is 0 Å². The summed E-state index contributed by atoms with van der Waals surface area (Å²) in [6.07, 6.45) is 0.812. The van der Waals surface area contributed by atoms with E-state index >= 15 is 0 Å². The number of fused-ring (bicyclic) bond motifs is 2. The number of aromatic amines is 1. The molecule has 3 heterocycles. The molecule has 9 heteroatoms. The molecule has 0 fully saturated rings. The third-order valence-electron chi connectivity index (χ3n) is 4.57. The molecule has 0 atom stereocenters. The molecule has 3 N–H and O–H groups in total. The summed E-state index contributed by atoms with van der Waals surface area (Å²) in [6, 6.07) is 5.28. The van der Waals surface area contributed by atoms with Crippen molar-refractivity contribution in [3.8, 4) is 5.75 Å². The Labute approximate surface area is 163 Å². The van der Waals surface area contributed by atoms with Crippen molar-refractivity contribution in [2.75, 3.05) is 11.9 Å². The molecule has 1 aliphatic rings. The fraction of sp³-hybridized carbons (Fsp3) is 0.263. The van der Waals surface area contributed by atoms with Gasteiger partial charge in [-0.25, -0.2) is 4.98 Å². The van der Waals surface area contributed by atoms with Gasteiger partial charge in [0.05, 0.1) is 11.1 Å². The van der Waals surface area contributed by atoms with E-state index in [0.29, 0.717) is 21.7 Å². The Morgan fingerprint density at radius 2 is 2.18 bits per heavy atom. The number of ether oxygens (including phenoxy) is 1. The second-order valence-electron chi connectivity index (χ2n) is 6.45. The van der Waals surface area contributed by atoms with Gasteiger partial charge in [-0.1, -0.05) is 13.0 Å². The second kappa shape index (κ2) is 7.08. The van der Waals surface area contributed by atoms with Crippen LogP contribution in [0.5, 0.6) is 5.75 Å². The maximum atomic E-state index is 12.5. The normalized spacial score (nSPS) is 13.0. The van der Waals surface area contributed by atoms with Gasteiger partial charge in [0.25, 0.3) is 17.4 Å². The molecule has 0 saturated carbocycles. The molecule has 8 nitrogen and oxygen atoms in total. The Bertz CT molecular complexity index is 1160. The van der Waals surface area contributed by atoms with Gasteiger partial charge >= 0.3 is 0 Å². The van der Waals surface area contributed by atoms with Crippen LogP contribution >= 0.6 is 11.3 Å². The lowest BCUT2D eigenvalue weighted by Crippen LogP contribution is -2.28. The Morgan fingerprint density at radius 1 is 1.36 bits per heavy atom. The van der Waals surface area contributed by atoms with E-state index in [9.17, 15) is 14.4 Å². The van der Waals surface area contributed by atoms with Crippen LogP contribution in [0.15, 0.2) is 23.0 Å². The zero-order valence-corrected chi connectivity index (χ0v) is 16.2. The number of nitrogens with zero attached hydrogens (tertiary/aromatic N) is 1. The summed E-state index contributed by atoms with van der Waals surface area (Å²) in [5.41, 5.74) is 1.96. The number of hydrogen-bond donors (Lipinski definition) is 3. The number of anilines is 1. The van der Waals surface area contributed by atoms with E-state index in [1.807, 2.05) is 13.8 Å². The van der Waals surface area contributed by atoms with Crippen molar-refractivity contribution in [2.45, 2.75) is 26.8 Å². The van der Waals surface area contributed by atoms with Gasteiger partial charge in [0.15, 0.2) is 6.61 Å². The number of carbonyl (C=O) groups excluding carboxylic acids is 2. The Hall–Kier alpha value is -3.20. The molecule has 2 amide bonds. The fourth-order valence-electron chi connectivity index (χ4n) is 3.14. The van der Waals surface area contributed by atoms with E-state index in [1.165, 1.54) is 11.3 Å². The first-order valence-corrected chi connectivity index (χ1v) is 9.64. The summed E-state index contributed by atoms with van der Waals surface area (Å²) in [5.74, 6) is -0.121. The first-order chi connectivity index (χ1) is 13.5. The molecule has 4 rings (SSSR count). The molecule has 0 unspecified atom stereocenters. The van der Waals surface area contributed by atoms with Crippen molar-refractivity contribution >= 4 is 39.1 Å². The van der Waals surface area contributed by atoms with Gasteiger partial charge in [-0.15, -0.1) is 11.3 Å². The topological polar surface area (TPSA) is 113 Å². The number of nitrogens with one attached hydrogen (secondary N) is 3. The third kappa shape index (κ3) is 3.24. The summed E-state index contributed by atoms with van der Waals surface area (Å²) >= 11 is 1.43. The smallest absolute Gasteiger partial charge is 0.287 e. The molecule has 0 radical (unpaired) electrons. The number of carbonyl (C=O) groups is 2. The highest BCUT2D eigenvalue weighted by molar-refractivity contribution is 7.18. The summed E-state index contributed by atoms with van der Waals surface area (Å²) < 4.78 is 5.31. The SMILES string of the molecule is CCc1sc2nc(C(=O)NCc3ccc4c(c3)NC(=O)CO4)[nH]c(=O)c2c1C. The molecule has 0 saturated heterocycles. The monoisotopic (exact) mass is 398 g/mol. The van der Waals surface area contributed by atoms with Crippen molar-refractivity contribution in [1.82, 2.24) is 15.3 Å². The standard InChI is InChI=1S/C19H18N4O4S/c1-3-13-9(2)15-17(25)22-16(23-19(15)28-13)18(26)20-7-10-4-5-12-11(6-10)21-14(24)8-27-12/h4-6H,3,7-8H2,1-2H3,(H,20,26)(H,21,24)(H,22,23,25). The lowest BCUT2D eigenvalue weighted by atomic mass is 10.1. The van der Waals surface area contributed by atoms with Crippen molar-refractivity contribution in [1.29, 1.82) is 0 Å². The molecule has 3 aromatic rings. The number of aromatic nitrogens is 2. The number of thiophene rings is 1. The van der Waals surface area contributed by atoms with Crippen LogP contribution in [-0.2, 0) is 17.8 Å². The van der Waals surface area contributed by atoms with Gasteiger partial charge in [0.1, 0.15) is 10.6 Å². The summed E-state index contributed by atoms with van der Waals surface area (Å²) in [6.45, 7) is 4.12. The van der Waals surface area contributed by atoms with Crippen LogP contribution in [0, 0.1) is 6.92 Å². The van der Waals surface area contributed by atoms with Crippen LogP contribution in [-0.4, -0.2) is 28.4 Å². The molecule has 144 valence electrons. The number of hydrogen-bond acceptors (Lipinski definition) is 6. The summed E-state index contributed by atoms with van der Waals surface area (Å²) in [5, 5.41) is 6.01. The minimum atomic E-state index is -0.471. The predicted molar refractivity (Wildman–Crippen MR) is 106 cm³/mol. The molecule has 2 aromatic heterocycles. The van der Waals surface area contributed by atoms with Gasteiger partial charge < -0.3 is 20.4 Å². The predicted octanol–water partition coefficient (Wildman–Crippen LogP) is 2.12. The van der Waals surface area contributed by atoms with E-state index in [0.717, 1.165) is 22.4 Å². The minimum absolute atomic E-state index is 0.00741. The molecule has 28 heavy (non-hydrogen) atoms. The zero-order chi connectivity index (χ0) is 19.8. The maximum absolute atomic E-state index is 12.5. The van der Waals surface area contributed by atoms with Crippen molar-refractivity contribution in [2.24, 2.45) is 0 Å². The minimum Gasteiger partial charge on any atom is -0.482 e. The number of benzene rings is 1. The van der Waals surface area contributed by atoms with E-state index in [-0.39, 0.29) is 30.4 Å². The molecule has 0 bridgehead atoms. The number of H-pyrrole nitrogens is 1.